The highest BCUT2D eigenvalue weighted by Gasteiger charge is 2.33. The quantitative estimate of drug-likeness (QED) is 0.792. The van der Waals surface area contributed by atoms with Crippen LogP contribution in [0.2, 0.25) is 0 Å². The van der Waals surface area contributed by atoms with Crippen molar-refractivity contribution in [3.63, 3.8) is 0 Å². The lowest BCUT2D eigenvalue weighted by Gasteiger charge is -2.22. The Kier molecular flexibility index (Phi) is 3.76. The molecule has 3 aromatic rings. The number of amides is 1. The lowest BCUT2D eigenvalue weighted by Crippen LogP contribution is -2.34. The van der Waals surface area contributed by atoms with E-state index >= 15 is 0 Å². The molecule has 1 atom stereocenters. The zero-order valence-corrected chi connectivity index (χ0v) is 13.7. The lowest BCUT2D eigenvalue weighted by atomic mass is 10.1. The van der Waals surface area contributed by atoms with Crippen molar-refractivity contribution in [2.45, 2.75) is 25.8 Å². The summed E-state index contributed by atoms with van der Waals surface area (Å²) in [6.45, 7) is 2.41. The Morgan fingerprint density at radius 1 is 1.36 bits per heavy atom. The summed E-state index contributed by atoms with van der Waals surface area (Å²) in [6, 6.07) is 8.38. The monoisotopic (exact) mass is 339 g/mol. The number of pyridine rings is 1. The summed E-state index contributed by atoms with van der Waals surface area (Å²) in [4.78, 5) is 29.7. The molecule has 1 N–H and O–H groups in total. The number of likely N-dealkylation sites (tertiary alicyclic amines) is 1. The van der Waals surface area contributed by atoms with Crippen LogP contribution in [0.25, 0.3) is 11.5 Å². The topological polar surface area (TPSA) is 92.3 Å². The van der Waals surface area contributed by atoms with Crippen LogP contribution in [0.1, 0.15) is 40.7 Å². The number of nitrogens with zero attached hydrogens (tertiary/aromatic N) is 2. The molecule has 128 valence electrons. The number of hydrogen-bond donors (Lipinski definition) is 1. The Morgan fingerprint density at radius 2 is 2.24 bits per heavy atom. The first-order valence-electron chi connectivity index (χ1n) is 8.15. The van der Waals surface area contributed by atoms with Crippen LogP contribution in [0.5, 0.6) is 0 Å². The molecule has 1 aliphatic rings. The largest absolute Gasteiger partial charge is 0.463 e. The number of H-pyrrole nitrogens is 1. The van der Waals surface area contributed by atoms with Gasteiger partial charge in [0.15, 0.2) is 0 Å². The maximum Gasteiger partial charge on any atom is 0.261 e. The minimum Gasteiger partial charge on any atom is -0.463 e. The Bertz CT molecular complexity index is 955. The Morgan fingerprint density at radius 3 is 2.92 bits per heavy atom. The molecule has 1 amide bonds. The standard InChI is InChI=1S/C18H17N3O4/c1-11-10-14(20-25-11)15-4-2-8-21(15)18(23)12-6-7-13(19-17(12)22)16-5-3-9-24-16/h3,5-7,9-10,15H,2,4,8H2,1H3,(H,19,22). The Hall–Kier alpha value is -3.09. The van der Waals surface area contributed by atoms with E-state index in [2.05, 4.69) is 10.1 Å². The summed E-state index contributed by atoms with van der Waals surface area (Å²) in [5, 5.41) is 4.03. The molecule has 7 nitrogen and oxygen atoms in total. The van der Waals surface area contributed by atoms with Crippen LogP contribution >= 0.6 is 0 Å². The second kappa shape index (κ2) is 6.08. The number of aryl methyl sites for hydroxylation is 1. The van der Waals surface area contributed by atoms with Crippen LogP contribution < -0.4 is 5.56 Å². The van der Waals surface area contributed by atoms with Crippen LogP contribution in [0.3, 0.4) is 0 Å². The van der Waals surface area contributed by atoms with Gasteiger partial charge in [-0.15, -0.1) is 0 Å². The van der Waals surface area contributed by atoms with Crippen molar-refractivity contribution in [3.8, 4) is 11.5 Å². The summed E-state index contributed by atoms with van der Waals surface area (Å²) in [7, 11) is 0. The number of aromatic amines is 1. The van der Waals surface area contributed by atoms with Crippen molar-refractivity contribution in [2.24, 2.45) is 0 Å². The highest BCUT2D eigenvalue weighted by atomic mass is 16.5. The van der Waals surface area contributed by atoms with Gasteiger partial charge < -0.3 is 18.8 Å². The normalized spacial score (nSPS) is 17.2. The highest BCUT2D eigenvalue weighted by molar-refractivity contribution is 5.94. The van der Waals surface area contributed by atoms with Gasteiger partial charge in [-0.3, -0.25) is 9.59 Å². The van der Waals surface area contributed by atoms with Crippen LogP contribution in [0.15, 0.2) is 50.3 Å². The van der Waals surface area contributed by atoms with E-state index in [0.717, 1.165) is 18.5 Å². The van der Waals surface area contributed by atoms with Gasteiger partial charge in [-0.2, -0.15) is 0 Å². The number of rotatable bonds is 3. The molecule has 0 aromatic carbocycles. The number of aromatic nitrogens is 2. The van der Waals surface area contributed by atoms with Gasteiger partial charge in [-0.05, 0) is 44.0 Å². The van der Waals surface area contributed by atoms with Gasteiger partial charge in [0.05, 0.1) is 18.0 Å². The van der Waals surface area contributed by atoms with Gasteiger partial charge in [0.1, 0.15) is 22.8 Å². The van der Waals surface area contributed by atoms with Crippen molar-refractivity contribution >= 4 is 5.91 Å². The van der Waals surface area contributed by atoms with Gasteiger partial charge in [-0.1, -0.05) is 5.16 Å². The Labute approximate surface area is 143 Å². The predicted octanol–water partition coefficient (Wildman–Crippen LogP) is 2.91. The average molecular weight is 339 g/mol. The summed E-state index contributed by atoms with van der Waals surface area (Å²) in [5.41, 5.74) is 0.951. The maximum atomic E-state index is 12.9. The van der Waals surface area contributed by atoms with E-state index < -0.39 is 5.56 Å². The molecular formula is C18H17N3O4. The van der Waals surface area contributed by atoms with Gasteiger partial charge >= 0.3 is 0 Å². The second-order valence-electron chi connectivity index (χ2n) is 6.11. The van der Waals surface area contributed by atoms with E-state index in [9.17, 15) is 9.59 Å². The zero-order chi connectivity index (χ0) is 17.4. The van der Waals surface area contributed by atoms with Crippen LogP contribution in [0, 0.1) is 6.92 Å². The van der Waals surface area contributed by atoms with E-state index in [1.165, 1.54) is 6.26 Å². The van der Waals surface area contributed by atoms with Gasteiger partial charge in [0, 0.05) is 12.6 Å². The average Bonchev–Trinajstić information content (AvgIpc) is 3.35. The van der Waals surface area contributed by atoms with Crippen LogP contribution in [-0.2, 0) is 0 Å². The van der Waals surface area contributed by atoms with Gasteiger partial charge in [0.2, 0.25) is 0 Å². The molecule has 0 spiro atoms. The van der Waals surface area contributed by atoms with Crippen molar-refractivity contribution in [3.05, 3.63) is 64.0 Å². The first-order valence-corrected chi connectivity index (χ1v) is 8.15. The predicted molar refractivity (Wildman–Crippen MR) is 89.0 cm³/mol. The second-order valence-corrected chi connectivity index (χ2v) is 6.11. The first kappa shape index (κ1) is 15.4. The van der Waals surface area contributed by atoms with E-state index in [-0.39, 0.29) is 17.5 Å². The van der Waals surface area contributed by atoms with Crippen molar-refractivity contribution in [1.29, 1.82) is 0 Å². The van der Waals surface area contributed by atoms with E-state index in [0.29, 0.717) is 23.8 Å². The minimum absolute atomic E-state index is 0.113. The fourth-order valence-corrected chi connectivity index (χ4v) is 3.23. The third kappa shape index (κ3) is 2.77. The fraction of sp³-hybridized carbons (Fsp3) is 0.278. The molecule has 0 aliphatic carbocycles. The molecule has 7 heteroatoms. The summed E-state index contributed by atoms with van der Waals surface area (Å²) < 4.78 is 10.4. The fourth-order valence-electron chi connectivity index (χ4n) is 3.23. The van der Waals surface area contributed by atoms with Crippen LogP contribution in [0.4, 0.5) is 0 Å². The third-order valence-corrected chi connectivity index (χ3v) is 4.43. The van der Waals surface area contributed by atoms with Crippen molar-refractivity contribution < 1.29 is 13.7 Å². The molecule has 4 rings (SSSR count). The number of nitrogens with one attached hydrogen (secondary N) is 1. The minimum atomic E-state index is -0.430. The van der Waals surface area contributed by atoms with E-state index in [4.69, 9.17) is 8.94 Å². The van der Waals surface area contributed by atoms with Crippen LogP contribution in [-0.4, -0.2) is 27.5 Å². The number of carbonyl (C=O) groups is 1. The summed E-state index contributed by atoms with van der Waals surface area (Å²) >= 11 is 0. The van der Waals surface area contributed by atoms with Crippen molar-refractivity contribution in [2.75, 3.05) is 6.54 Å². The summed E-state index contributed by atoms with van der Waals surface area (Å²) in [6.07, 6.45) is 3.20. The van der Waals surface area contributed by atoms with E-state index in [1.54, 1.807) is 29.2 Å². The maximum absolute atomic E-state index is 12.9. The highest BCUT2D eigenvalue weighted by Crippen LogP contribution is 2.32. The molecule has 3 aromatic heterocycles. The number of furan rings is 1. The van der Waals surface area contributed by atoms with Crippen molar-refractivity contribution in [1.82, 2.24) is 15.0 Å². The molecule has 1 fully saturated rings. The number of hydrogen-bond acceptors (Lipinski definition) is 5. The summed E-state index contributed by atoms with van der Waals surface area (Å²) in [5.74, 6) is 0.957. The third-order valence-electron chi connectivity index (χ3n) is 4.43. The molecule has 1 unspecified atom stereocenters. The molecule has 25 heavy (non-hydrogen) atoms. The van der Waals surface area contributed by atoms with E-state index in [1.807, 2.05) is 13.0 Å². The number of carbonyl (C=O) groups excluding carboxylic acids is 1. The van der Waals surface area contributed by atoms with Gasteiger partial charge in [-0.25, -0.2) is 0 Å². The Balaban J connectivity index is 1.63. The van der Waals surface area contributed by atoms with Gasteiger partial charge in [0.25, 0.3) is 11.5 Å². The SMILES string of the molecule is Cc1cc(C2CCCN2C(=O)c2ccc(-c3ccco3)[nH]c2=O)no1. The molecule has 4 heterocycles. The molecule has 1 saturated heterocycles. The smallest absolute Gasteiger partial charge is 0.261 e. The molecule has 0 saturated carbocycles. The molecule has 0 radical (unpaired) electrons. The molecular weight excluding hydrogens is 322 g/mol. The molecule has 1 aliphatic heterocycles. The first-order chi connectivity index (χ1) is 12.1. The zero-order valence-electron chi connectivity index (χ0n) is 13.7. The molecule has 0 bridgehead atoms. The lowest BCUT2D eigenvalue weighted by molar-refractivity contribution is 0.0729.